The largest absolute Gasteiger partial charge is 0.494 e. The molecule has 2 fully saturated rings. The number of carbonyl (C=O) groups excluding carboxylic acids is 1. The van der Waals surface area contributed by atoms with Gasteiger partial charge in [-0.1, -0.05) is 26.2 Å². The number of ether oxygens (including phenoxy) is 2. The fraction of sp³-hybridized carbons (Fsp3) is 0.600. The molecule has 2 heterocycles. The number of fused-ring (bicyclic) bond motifs is 1. The fourth-order valence-corrected chi connectivity index (χ4v) is 3.30. The van der Waals surface area contributed by atoms with Crippen LogP contribution in [0.2, 0.25) is 0 Å². The van der Waals surface area contributed by atoms with Gasteiger partial charge in [0.25, 0.3) is 0 Å². The van der Waals surface area contributed by atoms with Gasteiger partial charge in [0.1, 0.15) is 17.1 Å². The van der Waals surface area contributed by atoms with Gasteiger partial charge < -0.3 is 15.2 Å². The van der Waals surface area contributed by atoms with Crippen LogP contribution in [0.4, 0.5) is 4.39 Å². The number of halogens is 1. The number of amides is 1. The normalized spacial score (nSPS) is 26.5. The molecule has 1 saturated carbocycles. The minimum absolute atomic E-state index is 0.0704. The Balaban J connectivity index is 0.000000637. The molecule has 1 aromatic rings. The maximum atomic E-state index is 14.6. The van der Waals surface area contributed by atoms with Crippen LogP contribution in [0.3, 0.4) is 0 Å². The maximum Gasteiger partial charge on any atom is 0.235 e. The molecule has 0 radical (unpaired) electrons. The summed E-state index contributed by atoms with van der Waals surface area (Å²) in [7, 11) is 1.58. The fourth-order valence-electron chi connectivity index (χ4n) is 3.30. The van der Waals surface area contributed by atoms with E-state index in [2.05, 4.69) is 4.99 Å². The Bertz CT molecular complexity index is 720. The summed E-state index contributed by atoms with van der Waals surface area (Å²) in [5, 5.41) is 0. The molecule has 148 valence electrons. The first kappa shape index (κ1) is 19.6. The lowest BCUT2D eigenvalue weighted by atomic mass is 9.74. The summed E-state index contributed by atoms with van der Waals surface area (Å²) in [6.07, 6.45) is 5.82. The van der Waals surface area contributed by atoms with Crippen molar-refractivity contribution >= 4 is 11.9 Å². The van der Waals surface area contributed by atoms with Gasteiger partial charge in [-0.3, -0.25) is 9.69 Å². The molecule has 2 atom stereocenters. The van der Waals surface area contributed by atoms with Gasteiger partial charge in [0.2, 0.25) is 5.91 Å². The molecule has 0 spiro atoms. The molecule has 27 heavy (non-hydrogen) atoms. The van der Waals surface area contributed by atoms with Crippen LogP contribution in [0.5, 0.6) is 5.75 Å². The van der Waals surface area contributed by atoms with E-state index >= 15 is 0 Å². The monoisotopic (exact) mass is 377 g/mol. The lowest BCUT2D eigenvalue weighted by Crippen LogP contribution is -2.58. The second-order valence-electron chi connectivity index (χ2n) is 7.24. The van der Waals surface area contributed by atoms with Crippen molar-refractivity contribution in [2.24, 2.45) is 16.6 Å². The van der Waals surface area contributed by atoms with Crippen LogP contribution in [-0.4, -0.2) is 43.6 Å². The molecular weight excluding hydrogens is 349 g/mol. The summed E-state index contributed by atoms with van der Waals surface area (Å²) in [6, 6.07) is 4.53. The van der Waals surface area contributed by atoms with Crippen LogP contribution in [-0.2, 0) is 15.1 Å². The predicted molar refractivity (Wildman–Crippen MR) is 101 cm³/mol. The third-order valence-corrected chi connectivity index (χ3v) is 4.97. The number of nitrogens with zero attached hydrogens (tertiary/aromatic N) is 2. The topological polar surface area (TPSA) is 77.2 Å². The highest BCUT2D eigenvalue weighted by atomic mass is 19.1. The molecule has 2 N–H and O–H groups in total. The predicted octanol–water partition coefficient (Wildman–Crippen LogP) is 2.80. The molecule has 1 aliphatic carbocycles. The van der Waals surface area contributed by atoms with Gasteiger partial charge in [0.05, 0.1) is 19.1 Å². The first-order valence-corrected chi connectivity index (χ1v) is 9.63. The molecule has 1 saturated heterocycles. The van der Waals surface area contributed by atoms with Gasteiger partial charge in [-0.2, -0.15) is 0 Å². The lowest BCUT2D eigenvalue weighted by molar-refractivity contribution is -0.140. The Kier molecular flexibility index (Phi) is 5.99. The first-order chi connectivity index (χ1) is 13.0. The molecule has 0 bridgehead atoms. The van der Waals surface area contributed by atoms with Crippen LogP contribution in [0.25, 0.3) is 0 Å². The van der Waals surface area contributed by atoms with Gasteiger partial charge >= 0.3 is 0 Å². The highest BCUT2D eigenvalue weighted by Gasteiger charge is 2.52. The third kappa shape index (κ3) is 4.08. The van der Waals surface area contributed by atoms with Crippen molar-refractivity contribution in [3.63, 3.8) is 0 Å². The quantitative estimate of drug-likeness (QED) is 0.875. The van der Waals surface area contributed by atoms with Crippen LogP contribution < -0.4 is 10.5 Å². The number of benzene rings is 1. The summed E-state index contributed by atoms with van der Waals surface area (Å²) in [6.45, 7) is 3.08. The minimum Gasteiger partial charge on any atom is -0.494 e. The Morgan fingerprint density at radius 1 is 1.41 bits per heavy atom. The summed E-state index contributed by atoms with van der Waals surface area (Å²) in [4.78, 5) is 18.5. The molecular formula is C20H28FN3O3. The number of hydrogen-bond donors (Lipinski definition) is 1. The van der Waals surface area contributed by atoms with E-state index in [0.717, 1.165) is 6.42 Å². The summed E-state index contributed by atoms with van der Waals surface area (Å²) in [5.74, 6) is -0.485. The summed E-state index contributed by atoms with van der Waals surface area (Å²) in [5.41, 5.74) is 5.07. The maximum absolute atomic E-state index is 14.6. The van der Waals surface area contributed by atoms with Gasteiger partial charge in [-0.25, -0.2) is 9.38 Å². The van der Waals surface area contributed by atoms with Crippen LogP contribution >= 0.6 is 0 Å². The average molecular weight is 377 g/mol. The zero-order valence-electron chi connectivity index (χ0n) is 16.0. The van der Waals surface area contributed by atoms with E-state index in [4.69, 9.17) is 15.2 Å². The average Bonchev–Trinajstić information content (AvgIpc) is 3.55. The Labute approximate surface area is 159 Å². The van der Waals surface area contributed by atoms with E-state index in [1.165, 1.54) is 30.2 Å². The van der Waals surface area contributed by atoms with Gasteiger partial charge in [0, 0.05) is 19.2 Å². The molecule has 1 amide bonds. The van der Waals surface area contributed by atoms with E-state index < -0.39 is 17.3 Å². The number of hydrogen-bond acceptors (Lipinski definition) is 5. The SMILES string of the molecule is C1CC1.CCCOc1ccc(F)c(C23COCCC2C(=O)N(C)C(N)=N3)c1. The highest BCUT2D eigenvalue weighted by Crippen LogP contribution is 2.44. The van der Waals surface area contributed by atoms with Crippen molar-refractivity contribution < 1.29 is 18.7 Å². The second kappa shape index (κ2) is 8.25. The van der Waals surface area contributed by atoms with Crippen LogP contribution in [0.1, 0.15) is 44.6 Å². The van der Waals surface area contributed by atoms with Crippen molar-refractivity contribution in [2.75, 3.05) is 26.9 Å². The van der Waals surface area contributed by atoms with Crippen molar-refractivity contribution in [3.05, 3.63) is 29.6 Å². The number of guanidine groups is 1. The highest BCUT2D eigenvalue weighted by molar-refractivity contribution is 6.00. The van der Waals surface area contributed by atoms with Crippen LogP contribution in [0.15, 0.2) is 23.2 Å². The van der Waals surface area contributed by atoms with Gasteiger partial charge in [0.15, 0.2) is 5.96 Å². The van der Waals surface area contributed by atoms with Crippen LogP contribution in [0, 0.1) is 11.7 Å². The molecule has 6 nitrogen and oxygen atoms in total. The van der Waals surface area contributed by atoms with Crippen molar-refractivity contribution in [2.45, 2.75) is 44.6 Å². The third-order valence-electron chi connectivity index (χ3n) is 4.97. The minimum atomic E-state index is -1.14. The Morgan fingerprint density at radius 3 is 2.81 bits per heavy atom. The Hall–Kier alpha value is -2.15. The number of nitrogens with two attached hydrogens (primary N) is 1. The van der Waals surface area contributed by atoms with E-state index in [1.54, 1.807) is 19.2 Å². The Morgan fingerprint density at radius 2 is 2.15 bits per heavy atom. The molecule has 7 heteroatoms. The molecule has 2 unspecified atom stereocenters. The summed E-state index contributed by atoms with van der Waals surface area (Å²) < 4.78 is 25.8. The van der Waals surface area contributed by atoms with E-state index in [1.807, 2.05) is 6.92 Å². The van der Waals surface area contributed by atoms with Gasteiger partial charge in [-0.15, -0.1) is 0 Å². The lowest BCUT2D eigenvalue weighted by Gasteiger charge is -2.45. The van der Waals surface area contributed by atoms with E-state index in [0.29, 0.717) is 30.9 Å². The van der Waals surface area contributed by atoms with Gasteiger partial charge in [-0.05, 0) is 31.0 Å². The van der Waals surface area contributed by atoms with Crippen molar-refractivity contribution in [3.8, 4) is 5.75 Å². The van der Waals surface area contributed by atoms with E-state index in [9.17, 15) is 9.18 Å². The number of carbonyl (C=O) groups is 1. The molecule has 1 aromatic carbocycles. The van der Waals surface area contributed by atoms with Crippen molar-refractivity contribution in [1.82, 2.24) is 4.90 Å². The molecule has 0 aromatic heterocycles. The standard InChI is InChI=1S/C17H22FN3O3.C3H6/c1-3-7-24-11-4-5-14(18)13(9-11)17-10-23-8-6-12(17)15(22)21(2)16(19)20-17;1-2-3-1/h4-5,9,12H,3,6-8,10H2,1-2H3,(H2,19,20);1-3H2. The summed E-state index contributed by atoms with van der Waals surface area (Å²) >= 11 is 0. The molecule has 2 aliphatic heterocycles. The van der Waals surface area contributed by atoms with E-state index in [-0.39, 0.29) is 18.5 Å². The van der Waals surface area contributed by atoms with Crippen molar-refractivity contribution in [1.29, 1.82) is 0 Å². The zero-order valence-corrected chi connectivity index (χ0v) is 16.0. The number of rotatable bonds is 4. The zero-order chi connectivity index (χ0) is 19.4. The molecule has 4 rings (SSSR count). The smallest absolute Gasteiger partial charge is 0.235 e. The second-order valence-corrected chi connectivity index (χ2v) is 7.24. The molecule has 3 aliphatic rings. The first-order valence-electron chi connectivity index (χ1n) is 9.63. The number of aliphatic imine (C=N–C) groups is 1.